The fourth-order valence-electron chi connectivity index (χ4n) is 11.8. The molecule has 6 fully saturated rings. The van der Waals surface area contributed by atoms with Gasteiger partial charge in [0.1, 0.15) is 28.7 Å². The maximum absolute atomic E-state index is 17.3. The van der Waals surface area contributed by atoms with Crippen LogP contribution in [0.3, 0.4) is 0 Å². The number of piperidine rings is 2. The number of hydrogen-bond acceptors (Lipinski definition) is 11. The van der Waals surface area contributed by atoms with Gasteiger partial charge < -0.3 is 24.2 Å². The lowest BCUT2D eigenvalue weighted by atomic mass is 9.71. The summed E-state index contributed by atoms with van der Waals surface area (Å²) in [5.41, 5.74) is 3.26. The Balaban J connectivity index is 0.755. The molecule has 0 unspecified atom stereocenters. The van der Waals surface area contributed by atoms with E-state index in [-0.39, 0.29) is 64.2 Å². The van der Waals surface area contributed by atoms with Crippen molar-refractivity contribution in [3.8, 4) is 17.3 Å². The molecular weight excluding hydrogens is 874 g/mol. The van der Waals surface area contributed by atoms with Gasteiger partial charge in [-0.15, -0.1) is 0 Å². The summed E-state index contributed by atoms with van der Waals surface area (Å²) in [6, 6.07) is 9.95. The summed E-state index contributed by atoms with van der Waals surface area (Å²) in [7, 11) is 1.78. The van der Waals surface area contributed by atoms with E-state index >= 15 is 13.2 Å². The predicted octanol–water partition coefficient (Wildman–Crippen LogP) is 7.99. The molecule has 5 saturated heterocycles. The molecular formula is C51H55F3N10O4. The second-order valence-corrected chi connectivity index (χ2v) is 20.6. The summed E-state index contributed by atoms with van der Waals surface area (Å²) < 4.78 is 62.7. The Labute approximate surface area is 391 Å². The number of fused-ring (bicyclic) bond motifs is 3. The predicted molar refractivity (Wildman–Crippen MR) is 253 cm³/mol. The highest BCUT2D eigenvalue weighted by Gasteiger charge is 2.50. The molecule has 1 aliphatic carbocycles. The number of halogens is 3. The first kappa shape index (κ1) is 43.2. The first-order valence-corrected chi connectivity index (χ1v) is 24.2. The second kappa shape index (κ2) is 16.0. The Bertz CT molecular complexity index is 3060. The molecule has 0 radical (unpaired) electrons. The SMILES string of the molecule is CCc1c(F)ccc2cc(C)cc(-c3ncc4c(N5CCC[C@]6(CCO6)C5)nc(OCC5(CN6CCC7(CC6)CN(c6cc8c(cc6F)c(N6CCC(=O)NC6=O)nn8C)C7)CC5)nc4c3F)c12. The normalized spacial score (nSPS) is 22.4. The molecule has 14 nitrogen and oxygen atoms in total. The van der Waals surface area contributed by atoms with Gasteiger partial charge in [-0.2, -0.15) is 15.1 Å². The lowest BCUT2D eigenvalue weighted by Gasteiger charge is -2.55. The van der Waals surface area contributed by atoms with Crippen molar-refractivity contribution in [2.24, 2.45) is 17.9 Å². The number of nitrogens with zero attached hydrogens (tertiary/aromatic N) is 9. The van der Waals surface area contributed by atoms with Crippen LogP contribution in [-0.4, -0.2) is 113 Å². The zero-order valence-corrected chi connectivity index (χ0v) is 38.8. The molecule has 12 rings (SSSR count). The smallest absolute Gasteiger partial charge is 0.329 e. The van der Waals surface area contributed by atoms with Crippen LogP contribution < -0.4 is 24.8 Å². The Hall–Kier alpha value is -6.07. The van der Waals surface area contributed by atoms with Gasteiger partial charge in [-0.3, -0.25) is 24.7 Å². The average Bonchev–Trinajstić information content (AvgIpc) is 4.00. The van der Waals surface area contributed by atoms with Crippen LogP contribution in [0, 0.1) is 35.2 Å². The summed E-state index contributed by atoms with van der Waals surface area (Å²) >= 11 is 0. The number of carbonyl (C=O) groups excluding carboxylic acids is 2. The Morgan fingerprint density at radius 3 is 2.41 bits per heavy atom. The number of likely N-dealkylation sites (tertiary alicyclic amines) is 1. The summed E-state index contributed by atoms with van der Waals surface area (Å²) in [4.78, 5) is 47.1. The number of benzene rings is 3. The van der Waals surface area contributed by atoms with E-state index in [1.165, 1.54) is 17.0 Å². The lowest BCUT2D eigenvalue weighted by molar-refractivity contribution is -0.151. The van der Waals surface area contributed by atoms with E-state index < -0.39 is 11.8 Å². The minimum Gasteiger partial charge on any atom is -0.463 e. The standard InChI is InChI=1S/C51H55F3N10O4/c1-4-32-36(52)7-6-31-20-30(2)21-34(41(31)32)43-42(54)44-35(24-55-43)45(62-15-5-9-51(28-62)14-19-68-51)58-47(57-44)67-29-50(10-11-50)25-61-17-12-49(13-18-61)26-63(27-49)39-23-38-33(22-37(39)53)46(59-60(38)3)64-16-8-40(65)56-48(64)66/h6-7,20-24H,4-5,8-19,25-29H2,1-3H3,(H,56,65,66)/t51-/m0/s1. The van der Waals surface area contributed by atoms with Gasteiger partial charge in [0.15, 0.2) is 11.6 Å². The first-order chi connectivity index (χ1) is 32.8. The van der Waals surface area contributed by atoms with Gasteiger partial charge in [0, 0.05) is 87.1 Å². The maximum Gasteiger partial charge on any atom is 0.329 e. The third kappa shape index (κ3) is 7.29. The van der Waals surface area contributed by atoms with Gasteiger partial charge in [-0.05, 0) is 111 Å². The van der Waals surface area contributed by atoms with E-state index in [0.29, 0.717) is 69.7 Å². The van der Waals surface area contributed by atoms with Crippen LogP contribution in [0.5, 0.6) is 6.01 Å². The monoisotopic (exact) mass is 928 g/mol. The number of ether oxygens (including phenoxy) is 2. The molecule has 17 heteroatoms. The number of imide groups is 1. The molecule has 3 aromatic heterocycles. The second-order valence-electron chi connectivity index (χ2n) is 20.6. The highest BCUT2D eigenvalue weighted by atomic mass is 19.1. The number of aryl methyl sites for hydroxylation is 3. The number of aromatic nitrogens is 5. The van der Waals surface area contributed by atoms with Crippen molar-refractivity contribution in [1.82, 2.24) is 34.9 Å². The summed E-state index contributed by atoms with van der Waals surface area (Å²) in [6.45, 7) is 10.8. The van der Waals surface area contributed by atoms with E-state index in [1.807, 2.05) is 32.0 Å². The molecule has 3 amide bonds. The number of anilines is 3. The van der Waals surface area contributed by atoms with Crippen LogP contribution in [0.2, 0.25) is 0 Å². The van der Waals surface area contributed by atoms with Gasteiger partial charge in [0.05, 0.1) is 35.4 Å². The van der Waals surface area contributed by atoms with Gasteiger partial charge in [-0.1, -0.05) is 19.1 Å². The van der Waals surface area contributed by atoms with Crippen molar-refractivity contribution >= 4 is 61.8 Å². The zero-order valence-electron chi connectivity index (χ0n) is 38.8. The van der Waals surface area contributed by atoms with Crippen LogP contribution in [-0.2, 0) is 23.0 Å². The fraction of sp³-hybridized carbons (Fsp3) is 0.490. The molecule has 3 aromatic carbocycles. The largest absolute Gasteiger partial charge is 0.463 e. The van der Waals surface area contributed by atoms with E-state index in [4.69, 9.17) is 24.4 Å². The highest BCUT2D eigenvalue weighted by molar-refractivity contribution is 6.09. The molecule has 1 atom stereocenters. The number of nitrogens with one attached hydrogen (secondary N) is 1. The quantitative estimate of drug-likeness (QED) is 0.143. The number of urea groups is 1. The van der Waals surface area contributed by atoms with Crippen molar-refractivity contribution in [1.29, 1.82) is 0 Å². The van der Waals surface area contributed by atoms with Crippen molar-refractivity contribution in [2.45, 2.75) is 77.2 Å². The maximum atomic E-state index is 17.3. The molecule has 5 aliphatic heterocycles. The third-order valence-corrected chi connectivity index (χ3v) is 15.9. The number of rotatable bonds is 10. The number of amides is 3. The Kier molecular flexibility index (Phi) is 10.2. The molecule has 6 aliphatic rings. The summed E-state index contributed by atoms with van der Waals surface area (Å²) in [5, 5.41) is 9.38. The van der Waals surface area contributed by atoms with Crippen LogP contribution >= 0.6 is 0 Å². The summed E-state index contributed by atoms with van der Waals surface area (Å²) in [5.74, 6) is -0.685. The minimum atomic E-state index is -0.587. The molecule has 2 spiro atoms. The van der Waals surface area contributed by atoms with E-state index in [2.05, 4.69) is 25.1 Å². The summed E-state index contributed by atoms with van der Waals surface area (Å²) in [6.07, 6.45) is 9.13. The van der Waals surface area contributed by atoms with Gasteiger partial charge in [-0.25, -0.2) is 18.0 Å². The van der Waals surface area contributed by atoms with Crippen molar-refractivity contribution < 1.29 is 32.2 Å². The Morgan fingerprint density at radius 1 is 0.868 bits per heavy atom. The number of pyridine rings is 1. The van der Waals surface area contributed by atoms with Crippen LogP contribution in [0.15, 0.2) is 42.6 Å². The fourth-order valence-corrected chi connectivity index (χ4v) is 11.8. The van der Waals surface area contributed by atoms with Gasteiger partial charge >= 0.3 is 12.0 Å². The highest BCUT2D eigenvalue weighted by Crippen LogP contribution is 2.50. The Morgan fingerprint density at radius 2 is 1.68 bits per heavy atom. The van der Waals surface area contributed by atoms with E-state index in [9.17, 15) is 9.59 Å². The zero-order chi connectivity index (χ0) is 46.7. The number of carbonyl (C=O) groups is 2. The van der Waals surface area contributed by atoms with E-state index in [0.717, 1.165) is 102 Å². The molecule has 0 bridgehead atoms. The molecule has 1 N–H and O–H groups in total. The first-order valence-electron chi connectivity index (χ1n) is 24.2. The van der Waals surface area contributed by atoms with Crippen molar-refractivity contribution in [2.75, 3.05) is 80.3 Å². The van der Waals surface area contributed by atoms with Crippen molar-refractivity contribution in [3.05, 3.63) is 71.2 Å². The minimum absolute atomic E-state index is 0.0719. The molecule has 1 saturated carbocycles. The van der Waals surface area contributed by atoms with Crippen LogP contribution in [0.4, 0.5) is 35.3 Å². The molecule has 8 heterocycles. The molecule has 354 valence electrons. The third-order valence-electron chi connectivity index (χ3n) is 15.9. The van der Waals surface area contributed by atoms with Crippen LogP contribution in [0.25, 0.3) is 43.8 Å². The van der Waals surface area contributed by atoms with Gasteiger partial charge in [0.25, 0.3) is 0 Å². The van der Waals surface area contributed by atoms with E-state index in [1.54, 1.807) is 24.0 Å². The molecule has 6 aromatic rings. The van der Waals surface area contributed by atoms with Crippen LogP contribution in [0.1, 0.15) is 69.4 Å². The number of hydrogen-bond donors (Lipinski definition) is 1. The molecule has 68 heavy (non-hydrogen) atoms. The lowest BCUT2D eigenvalue weighted by Crippen LogP contribution is -2.61. The topological polar surface area (TPSA) is 134 Å². The van der Waals surface area contributed by atoms with Gasteiger partial charge in [0.2, 0.25) is 5.91 Å². The van der Waals surface area contributed by atoms with Crippen molar-refractivity contribution in [3.63, 3.8) is 0 Å². The average molecular weight is 929 g/mol.